The Balaban J connectivity index is 2.70. The number of carbonyl (C=O) groups is 3. The van der Waals surface area contributed by atoms with Crippen LogP contribution in [0.1, 0.15) is 53.4 Å². The summed E-state index contributed by atoms with van der Waals surface area (Å²) < 4.78 is 40.8. The fraction of sp³-hybridized carbons (Fsp3) is 0.781. The van der Waals surface area contributed by atoms with Gasteiger partial charge in [-0.15, -0.1) is 0 Å². The van der Waals surface area contributed by atoms with Crippen molar-refractivity contribution < 1.29 is 57.8 Å². The lowest BCUT2D eigenvalue weighted by Gasteiger charge is -2.47. The smallest absolute Gasteiger partial charge is 0.309 e. The molecule has 13 nitrogen and oxygen atoms in total. The van der Waals surface area contributed by atoms with E-state index in [0.717, 1.165) is 0 Å². The van der Waals surface area contributed by atoms with Crippen LogP contribution in [0.3, 0.4) is 0 Å². The standard InChI is InChI=1S/C32H53NO12/c1-18-15-22(16-26(39-7)40-8)30(45-32-29(38)27(33(5)6)28(37)20(3)43-32)31(41-9)24(44-21(4)34)17-25(36)42-19(2)13-11-10-12-14-23(18)35/h10-12,14,18-20,22,24,26-32,37-38H,13,15-17H2,1-9H3/b11-10+,14-12+/t18-,19-,20-,22-,24-,27+,28-,29-,30+,31+,32+/m1/s1. The van der Waals surface area contributed by atoms with Crippen molar-refractivity contribution in [3.63, 3.8) is 0 Å². The third-order valence-corrected chi connectivity index (χ3v) is 8.28. The predicted molar refractivity (Wildman–Crippen MR) is 163 cm³/mol. The fourth-order valence-corrected chi connectivity index (χ4v) is 5.90. The summed E-state index contributed by atoms with van der Waals surface area (Å²) in [5, 5.41) is 22.2. The normalized spacial score (nSPS) is 37.3. The molecule has 13 heteroatoms. The van der Waals surface area contributed by atoms with E-state index >= 15 is 0 Å². The maximum Gasteiger partial charge on any atom is 0.309 e. The minimum absolute atomic E-state index is 0.134. The first-order valence-electron chi connectivity index (χ1n) is 15.4. The summed E-state index contributed by atoms with van der Waals surface area (Å²) in [6, 6.07) is -0.741. The summed E-state index contributed by atoms with van der Waals surface area (Å²) >= 11 is 0. The number of likely N-dealkylation sites (N-methyl/N-ethyl adjacent to an activating group) is 1. The fourth-order valence-electron chi connectivity index (χ4n) is 5.90. The van der Waals surface area contributed by atoms with Gasteiger partial charge in [0.25, 0.3) is 0 Å². The Hall–Kier alpha value is -2.23. The maximum atomic E-state index is 13.2. The molecule has 2 N–H and O–H groups in total. The first-order chi connectivity index (χ1) is 21.2. The topological polar surface area (TPSA) is 160 Å². The highest BCUT2D eigenvalue weighted by Gasteiger charge is 2.49. The molecule has 0 bridgehead atoms. The number of aliphatic hydroxyl groups excluding tert-OH is 2. The zero-order chi connectivity index (χ0) is 33.8. The van der Waals surface area contributed by atoms with Crippen LogP contribution >= 0.6 is 0 Å². The Kier molecular flexibility index (Phi) is 16.3. The van der Waals surface area contributed by atoms with E-state index < -0.39 is 85.1 Å². The number of carbonyl (C=O) groups excluding carboxylic acids is 3. The number of esters is 2. The zero-order valence-electron chi connectivity index (χ0n) is 28.0. The van der Waals surface area contributed by atoms with E-state index in [9.17, 15) is 24.6 Å². The Morgan fingerprint density at radius 1 is 1.04 bits per heavy atom. The molecule has 0 saturated carbocycles. The summed E-state index contributed by atoms with van der Waals surface area (Å²) in [5.74, 6) is -2.50. The molecule has 0 aromatic rings. The maximum absolute atomic E-state index is 13.2. The van der Waals surface area contributed by atoms with E-state index in [1.165, 1.54) is 34.3 Å². The highest BCUT2D eigenvalue weighted by molar-refractivity contribution is 5.91. The second kappa shape index (κ2) is 18.8. The highest BCUT2D eigenvalue weighted by Crippen LogP contribution is 2.34. The minimum atomic E-state index is -1.31. The second-order valence-corrected chi connectivity index (χ2v) is 12.1. The SMILES string of the molecule is COC(C[C@H]1C[C@@H](C)C(=O)/C=C/C=C/C[C@@H](C)OC(=O)C[C@@H](OC(C)=O)[C@H](OC)[C@H]1O[C@@H]1O[C@H](C)[C@@H](O)[C@H](N(C)C)[C@H]1O)OC. The quantitative estimate of drug-likeness (QED) is 0.277. The van der Waals surface area contributed by atoms with Gasteiger partial charge in [0, 0.05) is 47.0 Å². The van der Waals surface area contributed by atoms with Crippen LogP contribution in [0.25, 0.3) is 0 Å². The summed E-state index contributed by atoms with van der Waals surface area (Å²) in [6.45, 7) is 6.40. The number of ether oxygens (including phenoxy) is 7. The molecule has 0 amide bonds. The lowest BCUT2D eigenvalue weighted by molar-refractivity contribution is -0.311. The van der Waals surface area contributed by atoms with Gasteiger partial charge in [-0.25, -0.2) is 0 Å². The predicted octanol–water partition coefficient (Wildman–Crippen LogP) is 1.77. The van der Waals surface area contributed by atoms with Crippen molar-refractivity contribution >= 4 is 17.7 Å². The van der Waals surface area contributed by atoms with Crippen molar-refractivity contribution in [2.75, 3.05) is 35.4 Å². The number of aliphatic hydroxyl groups is 2. The van der Waals surface area contributed by atoms with E-state index in [-0.39, 0.29) is 25.0 Å². The van der Waals surface area contributed by atoms with Crippen molar-refractivity contribution in [3.05, 3.63) is 24.3 Å². The largest absolute Gasteiger partial charge is 0.462 e. The van der Waals surface area contributed by atoms with Crippen molar-refractivity contribution in [3.8, 4) is 0 Å². The zero-order valence-corrected chi connectivity index (χ0v) is 28.0. The van der Waals surface area contributed by atoms with E-state index in [4.69, 9.17) is 33.2 Å². The van der Waals surface area contributed by atoms with Gasteiger partial charge in [0.15, 0.2) is 18.4 Å². The minimum Gasteiger partial charge on any atom is -0.462 e. The highest BCUT2D eigenvalue weighted by atomic mass is 16.7. The van der Waals surface area contributed by atoms with Crippen LogP contribution in [-0.2, 0) is 47.5 Å². The van der Waals surface area contributed by atoms with Gasteiger partial charge < -0.3 is 48.3 Å². The van der Waals surface area contributed by atoms with Crippen LogP contribution in [-0.4, -0.2) is 130 Å². The summed E-state index contributed by atoms with van der Waals surface area (Å²) in [5.41, 5.74) is 0. The molecular formula is C32H53NO12. The molecule has 0 unspecified atom stereocenters. The Morgan fingerprint density at radius 3 is 2.29 bits per heavy atom. The number of hydrogen-bond donors (Lipinski definition) is 2. The molecular weight excluding hydrogens is 590 g/mol. The second-order valence-electron chi connectivity index (χ2n) is 12.1. The van der Waals surface area contributed by atoms with Gasteiger partial charge in [-0.3, -0.25) is 14.4 Å². The molecule has 0 aromatic carbocycles. The molecule has 2 rings (SSSR count). The lowest BCUT2D eigenvalue weighted by atomic mass is 9.82. The van der Waals surface area contributed by atoms with Crippen LogP contribution in [0.4, 0.5) is 0 Å². The molecule has 0 radical (unpaired) electrons. The van der Waals surface area contributed by atoms with Crippen LogP contribution in [0.5, 0.6) is 0 Å². The Bertz CT molecular complexity index is 999. The van der Waals surface area contributed by atoms with Gasteiger partial charge in [0.1, 0.15) is 24.4 Å². The number of nitrogens with zero attached hydrogens (tertiary/aromatic N) is 1. The van der Waals surface area contributed by atoms with Crippen molar-refractivity contribution in [1.29, 1.82) is 0 Å². The van der Waals surface area contributed by atoms with Gasteiger partial charge in [0.05, 0.1) is 30.8 Å². The number of hydrogen-bond acceptors (Lipinski definition) is 13. The van der Waals surface area contributed by atoms with Crippen molar-refractivity contribution in [2.45, 2.75) is 115 Å². The lowest BCUT2D eigenvalue weighted by Crippen LogP contribution is -2.63. The van der Waals surface area contributed by atoms with Gasteiger partial charge in [-0.05, 0) is 46.4 Å². The van der Waals surface area contributed by atoms with E-state index in [1.54, 1.807) is 58.0 Å². The third-order valence-electron chi connectivity index (χ3n) is 8.28. The van der Waals surface area contributed by atoms with E-state index in [0.29, 0.717) is 6.42 Å². The Labute approximate surface area is 266 Å². The van der Waals surface area contributed by atoms with Crippen LogP contribution < -0.4 is 0 Å². The van der Waals surface area contributed by atoms with E-state index in [1.807, 2.05) is 0 Å². The van der Waals surface area contributed by atoms with Crippen LogP contribution in [0, 0.1) is 11.8 Å². The number of allylic oxidation sites excluding steroid dienone is 3. The van der Waals surface area contributed by atoms with Gasteiger partial charge in [0.2, 0.25) is 0 Å². The average molecular weight is 644 g/mol. The summed E-state index contributed by atoms with van der Waals surface area (Å²) in [7, 11) is 7.80. The number of methoxy groups -OCH3 is 3. The van der Waals surface area contributed by atoms with Gasteiger partial charge in [-0.1, -0.05) is 25.2 Å². The molecule has 258 valence electrons. The number of ketones is 1. The summed E-state index contributed by atoms with van der Waals surface area (Å²) in [6.07, 6.45) is -1.72. The molecule has 0 spiro atoms. The number of cyclic esters (lactones) is 1. The number of rotatable bonds is 9. The first kappa shape index (κ1) is 39.0. The molecule has 0 aromatic heterocycles. The molecule has 45 heavy (non-hydrogen) atoms. The van der Waals surface area contributed by atoms with E-state index in [2.05, 4.69) is 0 Å². The van der Waals surface area contributed by atoms with Crippen LogP contribution in [0.2, 0.25) is 0 Å². The van der Waals surface area contributed by atoms with Gasteiger partial charge in [-0.2, -0.15) is 0 Å². The molecule has 2 heterocycles. The molecule has 2 aliphatic heterocycles. The monoisotopic (exact) mass is 643 g/mol. The summed E-state index contributed by atoms with van der Waals surface area (Å²) in [4.78, 5) is 40.3. The molecule has 1 fully saturated rings. The van der Waals surface area contributed by atoms with Crippen molar-refractivity contribution in [2.24, 2.45) is 11.8 Å². The molecule has 1 saturated heterocycles. The average Bonchev–Trinajstić information content (AvgIpc) is 2.96. The molecule has 0 aliphatic carbocycles. The first-order valence-corrected chi connectivity index (χ1v) is 15.4. The van der Waals surface area contributed by atoms with Crippen molar-refractivity contribution in [1.82, 2.24) is 4.90 Å². The molecule has 11 atom stereocenters. The van der Waals surface area contributed by atoms with Gasteiger partial charge >= 0.3 is 11.9 Å². The Morgan fingerprint density at radius 2 is 1.71 bits per heavy atom. The van der Waals surface area contributed by atoms with Crippen LogP contribution in [0.15, 0.2) is 24.3 Å². The molecule has 2 aliphatic rings. The third kappa shape index (κ3) is 11.5.